The molecule has 0 N–H and O–H groups in total. The van der Waals surface area contributed by atoms with Crippen molar-refractivity contribution in [2.75, 3.05) is 0 Å². The number of nitrogens with zero attached hydrogens (tertiary/aromatic N) is 6. The van der Waals surface area contributed by atoms with Gasteiger partial charge in [-0.25, -0.2) is 0 Å². The lowest BCUT2D eigenvalue weighted by Crippen LogP contribution is -1.95. The SMILES string of the molecule is c1ccc(-c2ccc(-c3ccc(-n4c5ccccc5c5c6c7ccccc7n(-c7cccc(-c8ccccc8)c7)c6ccc54)cc3)cc2)cc1.c1ccc(-c2ccc(-n3c4ccccc4c4c5c6ccccc6n(-c6ccc7c(c6)oc6ccccc67)c5ccc43)cc2)cc1.c1ccc(-c2ccc(-n3c4ccccc4c4c5c6ccccc6n(-c6cccc(-c7cccc(-c8ccccc8)c7)c6)c5ccc43)cc2)cc1. The highest BCUT2D eigenvalue weighted by molar-refractivity contribution is 6.32. The van der Waals surface area contributed by atoms with Crippen LogP contribution in [0.25, 0.3) is 265 Å². The fraction of sp³-hybridized carbons (Fsp3) is 0. The first-order chi connectivity index (χ1) is 72.0. The third kappa shape index (κ3) is 14.2. The van der Waals surface area contributed by atoms with Gasteiger partial charge in [0.2, 0.25) is 0 Å². The normalized spacial score (nSPS) is 11.7. The van der Waals surface area contributed by atoms with E-state index in [0.717, 1.165) is 56.1 Å². The lowest BCUT2D eigenvalue weighted by Gasteiger charge is -2.12. The molecule has 0 unspecified atom stereocenters. The van der Waals surface area contributed by atoms with E-state index >= 15 is 0 Å². The zero-order valence-electron chi connectivity index (χ0n) is 79.1. The third-order valence-corrected chi connectivity index (χ3v) is 29.6. The smallest absolute Gasteiger partial charge is 0.137 e. The van der Waals surface area contributed by atoms with Crippen LogP contribution in [0, 0.1) is 0 Å². The fourth-order valence-corrected chi connectivity index (χ4v) is 23.0. The molecule has 678 valence electrons. The lowest BCUT2D eigenvalue weighted by molar-refractivity contribution is 0.668. The van der Waals surface area contributed by atoms with Crippen LogP contribution in [0.4, 0.5) is 0 Å². The van der Waals surface area contributed by atoms with Crippen LogP contribution in [-0.4, -0.2) is 27.4 Å². The Morgan fingerprint density at radius 3 is 0.600 bits per heavy atom. The molecule has 0 atom stereocenters. The first-order valence-electron chi connectivity index (χ1n) is 49.7. The molecule has 7 nitrogen and oxygen atoms in total. The quantitative estimate of drug-likeness (QED) is 0.113. The second-order valence-corrected chi connectivity index (χ2v) is 37.7. The van der Waals surface area contributed by atoms with E-state index in [1.807, 2.05) is 12.1 Å². The van der Waals surface area contributed by atoms with E-state index in [1.165, 1.54) is 209 Å². The number of aromatic nitrogens is 6. The Hall–Kier alpha value is -19.3. The standard InChI is InChI=1S/2C48H32N2.C42H26N2O/c1-3-13-33(14-4-1)35-25-27-39(28-26-35)49-43-23-9-7-21-41(43)47-45(49)29-30-46-48(47)42-22-8-10-24-44(42)50(46)40-20-12-19-38(32-40)37-18-11-17-36(31-37)34-15-5-2-6-16-34;1-3-12-33(13-4-1)35-22-24-36(25-23-35)37-26-28-39(29-27-37)49-43-20-9-7-18-41(43)47-45(49)30-31-46-48(47)42-19-8-10-21-44(42)50(46)40-17-11-16-38(32-40)34-14-5-2-6-15-34;1-2-10-27(11-3-1)28-18-20-29(21-19-28)43-35-15-7-4-13-33(35)41-37(43)24-25-38-42(41)34-14-5-8-16-36(34)44(38)30-22-23-32-31-12-6-9-17-39(31)45-40(32)26-30/h2*1-32H;1-26H. The minimum atomic E-state index is 0.899. The fourth-order valence-electron chi connectivity index (χ4n) is 23.0. The Morgan fingerprint density at radius 1 is 0.103 bits per heavy atom. The van der Waals surface area contributed by atoms with Crippen LogP contribution < -0.4 is 0 Å². The summed E-state index contributed by atoms with van der Waals surface area (Å²) in [7, 11) is 0. The van der Waals surface area contributed by atoms with Crippen LogP contribution in [0.2, 0.25) is 0 Å². The van der Waals surface area contributed by atoms with E-state index in [1.54, 1.807) is 0 Å². The molecule has 0 bridgehead atoms. The Labute approximate surface area is 836 Å². The topological polar surface area (TPSA) is 42.7 Å². The number of para-hydroxylation sites is 7. The molecule has 30 rings (SSSR count). The summed E-state index contributed by atoms with van der Waals surface area (Å²) < 4.78 is 20.8. The van der Waals surface area contributed by atoms with Crippen LogP contribution in [0.1, 0.15) is 0 Å². The minimum Gasteiger partial charge on any atom is -0.456 e. The monoisotopic (exact) mass is 1850 g/mol. The summed E-state index contributed by atoms with van der Waals surface area (Å²) in [5.41, 5.74) is 40.1. The molecule has 23 aromatic carbocycles. The zero-order chi connectivity index (χ0) is 95.5. The van der Waals surface area contributed by atoms with Crippen molar-refractivity contribution in [1.82, 2.24) is 27.4 Å². The molecular formula is C138H90N6O. The van der Waals surface area contributed by atoms with Crippen LogP contribution in [0.3, 0.4) is 0 Å². The lowest BCUT2D eigenvalue weighted by atomic mass is 9.99. The first-order valence-corrected chi connectivity index (χ1v) is 49.7. The number of fused-ring (bicyclic) bond motifs is 24. The average molecular weight is 1850 g/mol. The first kappa shape index (κ1) is 83.8. The van der Waals surface area contributed by atoms with Crippen molar-refractivity contribution in [2.45, 2.75) is 0 Å². The Balaban J connectivity index is 0.000000106. The summed E-state index contributed by atoms with van der Waals surface area (Å²) in [6.45, 7) is 0. The largest absolute Gasteiger partial charge is 0.456 e. The molecule has 30 aromatic rings. The highest BCUT2D eigenvalue weighted by Gasteiger charge is 2.27. The van der Waals surface area contributed by atoms with Gasteiger partial charge in [0, 0.05) is 116 Å². The van der Waals surface area contributed by atoms with Gasteiger partial charge in [-0.05, 0) is 236 Å². The summed E-state index contributed by atoms with van der Waals surface area (Å²) in [5.74, 6) is 0. The molecule has 7 heteroatoms. The van der Waals surface area contributed by atoms with Gasteiger partial charge in [0.05, 0.1) is 66.2 Å². The van der Waals surface area contributed by atoms with E-state index < -0.39 is 0 Å². The predicted molar refractivity (Wildman–Crippen MR) is 611 cm³/mol. The molecule has 0 amide bonds. The Kier molecular flexibility index (Phi) is 20.2. The van der Waals surface area contributed by atoms with E-state index in [9.17, 15) is 0 Å². The van der Waals surface area contributed by atoms with Crippen molar-refractivity contribution < 1.29 is 4.42 Å². The number of benzene rings is 23. The van der Waals surface area contributed by atoms with Gasteiger partial charge >= 0.3 is 0 Å². The summed E-state index contributed by atoms with van der Waals surface area (Å²) in [4.78, 5) is 0. The van der Waals surface area contributed by atoms with Crippen LogP contribution in [0.5, 0.6) is 0 Å². The third-order valence-electron chi connectivity index (χ3n) is 29.6. The number of furan rings is 1. The zero-order valence-corrected chi connectivity index (χ0v) is 79.1. The summed E-state index contributed by atoms with van der Waals surface area (Å²) >= 11 is 0. The van der Waals surface area contributed by atoms with Crippen LogP contribution in [-0.2, 0) is 0 Å². The van der Waals surface area contributed by atoms with Crippen LogP contribution >= 0.6 is 0 Å². The molecule has 0 aliphatic carbocycles. The van der Waals surface area contributed by atoms with Crippen LogP contribution in [0.15, 0.2) is 550 Å². The van der Waals surface area contributed by atoms with Gasteiger partial charge in [-0.2, -0.15) is 0 Å². The number of hydrogen-bond donors (Lipinski definition) is 0. The molecule has 145 heavy (non-hydrogen) atoms. The van der Waals surface area contributed by atoms with Gasteiger partial charge in [0.15, 0.2) is 0 Å². The van der Waals surface area contributed by atoms with Gasteiger partial charge in [-0.3, -0.25) is 0 Å². The highest BCUT2D eigenvalue weighted by Crippen LogP contribution is 2.49. The Morgan fingerprint density at radius 2 is 0.297 bits per heavy atom. The molecule has 0 spiro atoms. The summed E-state index contributed by atoms with van der Waals surface area (Å²) in [6, 6.07) is 197. The number of hydrogen-bond acceptors (Lipinski definition) is 1. The molecule has 0 saturated carbocycles. The Bertz CT molecular complexity index is 10300. The van der Waals surface area contributed by atoms with Crippen molar-refractivity contribution in [1.29, 1.82) is 0 Å². The maximum absolute atomic E-state index is 6.32. The maximum Gasteiger partial charge on any atom is 0.137 e. The minimum absolute atomic E-state index is 0.899. The summed E-state index contributed by atoms with van der Waals surface area (Å²) in [5, 5.41) is 17.5. The van der Waals surface area contributed by atoms with Crippen molar-refractivity contribution in [3.63, 3.8) is 0 Å². The molecular weight excluding hydrogens is 1760 g/mol. The highest BCUT2D eigenvalue weighted by atomic mass is 16.3. The second-order valence-electron chi connectivity index (χ2n) is 37.7. The molecule has 7 heterocycles. The van der Waals surface area contributed by atoms with Gasteiger partial charge in [-0.15, -0.1) is 0 Å². The van der Waals surface area contributed by atoms with Crippen molar-refractivity contribution in [3.8, 4) is 112 Å². The second kappa shape index (κ2) is 34.9. The van der Waals surface area contributed by atoms with Gasteiger partial charge in [-0.1, -0.05) is 382 Å². The molecule has 0 fully saturated rings. The van der Waals surface area contributed by atoms with Gasteiger partial charge in [0.25, 0.3) is 0 Å². The average Bonchev–Trinajstić information content (AvgIpc) is 1.55. The van der Waals surface area contributed by atoms with Crippen molar-refractivity contribution >= 4 is 153 Å². The number of rotatable bonds is 13. The van der Waals surface area contributed by atoms with E-state index in [4.69, 9.17) is 4.42 Å². The molecule has 0 radical (unpaired) electrons. The van der Waals surface area contributed by atoms with E-state index in [-0.39, 0.29) is 0 Å². The molecule has 0 aliphatic rings. The van der Waals surface area contributed by atoms with Gasteiger partial charge < -0.3 is 31.8 Å². The van der Waals surface area contributed by atoms with Gasteiger partial charge in [0.1, 0.15) is 11.2 Å². The van der Waals surface area contributed by atoms with Crippen molar-refractivity contribution in [3.05, 3.63) is 546 Å². The maximum atomic E-state index is 6.32. The summed E-state index contributed by atoms with van der Waals surface area (Å²) in [6.07, 6.45) is 0. The molecule has 0 aliphatic heterocycles. The van der Waals surface area contributed by atoms with E-state index in [2.05, 4.69) is 561 Å². The molecule has 7 aromatic heterocycles. The molecule has 0 saturated heterocycles. The predicted octanol–water partition coefficient (Wildman–Crippen LogP) is 37.2. The van der Waals surface area contributed by atoms with Crippen molar-refractivity contribution in [2.24, 2.45) is 0 Å². The van der Waals surface area contributed by atoms with E-state index in [0.29, 0.717) is 0 Å².